The fourth-order valence-corrected chi connectivity index (χ4v) is 2.31. The van der Waals surface area contributed by atoms with Gasteiger partial charge in [0.25, 0.3) is 0 Å². The summed E-state index contributed by atoms with van der Waals surface area (Å²) in [5.74, 6) is -1.02. The number of aliphatic carboxylic acids is 1. The van der Waals surface area contributed by atoms with Gasteiger partial charge in [0.1, 0.15) is 5.54 Å². The normalized spacial score (nSPS) is 17.3. The molecule has 0 aliphatic heterocycles. The van der Waals surface area contributed by atoms with Crippen LogP contribution in [0, 0.1) is 0 Å². The molecule has 1 amide bonds. The standard InChI is InChI=1S/C16H21NO3/c1-3-12-4-6-13(7-5-12)11(2)10-14(18)17-16(8-9-16)15(19)20/h4-7,11H,3,8-10H2,1-2H3,(H,17,18)(H,19,20). The lowest BCUT2D eigenvalue weighted by Gasteiger charge is -2.16. The van der Waals surface area contributed by atoms with Crippen LogP contribution in [-0.2, 0) is 16.0 Å². The van der Waals surface area contributed by atoms with Crippen molar-refractivity contribution in [3.63, 3.8) is 0 Å². The van der Waals surface area contributed by atoms with Crippen molar-refractivity contribution in [3.05, 3.63) is 35.4 Å². The number of carbonyl (C=O) groups excluding carboxylic acids is 1. The second-order valence-corrected chi connectivity index (χ2v) is 5.64. The molecule has 2 rings (SSSR count). The number of carboxylic acids is 1. The zero-order valence-electron chi connectivity index (χ0n) is 12.0. The number of nitrogens with one attached hydrogen (secondary N) is 1. The molecule has 0 heterocycles. The Bertz CT molecular complexity index is 503. The van der Waals surface area contributed by atoms with Gasteiger partial charge in [0, 0.05) is 6.42 Å². The van der Waals surface area contributed by atoms with Crippen LogP contribution in [0.5, 0.6) is 0 Å². The van der Waals surface area contributed by atoms with Crippen molar-refractivity contribution < 1.29 is 14.7 Å². The topological polar surface area (TPSA) is 66.4 Å². The van der Waals surface area contributed by atoms with Crippen LogP contribution in [0.25, 0.3) is 0 Å². The van der Waals surface area contributed by atoms with E-state index in [1.54, 1.807) is 0 Å². The molecule has 0 bridgehead atoms. The quantitative estimate of drug-likeness (QED) is 0.838. The number of carbonyl (C=O) groups is 2. The van der Waals surface area contributed by atoms with Crippen molar-refractivity contribution in [3.8, 4) is 0 Å². The zero-order valence-corrected chi connectivity index (χ0v) is 12.0. The first-order chi connectivity index (χ1) is 9.47. The van der Waals surface area contributed by atoms with Crippen LogP contribution in [-0.4, -0.2) is 22.5 Å². The zero-order chi connectivity index (χ0) is 14.8. The number of hydrogen-bond donors (Lipinski definition) is 2. The van der Waals surface area contributed by atoms with Gasteiger partial charge in [-0.2, -0.15) is 0 Å². The minimum absolute atomic E-state index is 0.0884. The SMILES string of the molecule is CCc1ccc(C(C)CC(=O)NC2(C(=O)O)CC2)cc1. The van der Waals surface area contributed by atoms with Gasteiger partial charge in [0.05, 0.1) is 0 Å². The highest BCUT2D eigenvalue weighted by atomic mass is 16.4. The van der Waals surface area contributed by atoms with E-state index in [0.717, 1.165) is 12.0 Å². The van der Waals surface area contributed by atoms with Crippen LogP contribution in [0.4, 0.5) is 0 Å². The third-order valence-electron chi connectivity index (χ3n) is 3.99. The summed E-state index contributed by atoms with van der Waals surface area (Å²) in [4.78, 5) is 23.0. The molecule has 1 aromatic rings. The summed E-state index contributed by atoms with van der Waals surface area (Å²) in [6.45, 7) is 4.09. The third-order valence-corrected chi connectivity index (χ3v) is 3.99. The van der Waals surface area contributed by atoms with Crippen molar-refractivity contribution in [2.24, 2.45) is 0 Å². The molecule has 0 spiro atoms. The summed E-state index contributed by atoms with van der Waals surface area (Å²) in [7, 11) is 0. The Hall–Kier alpha value is -1.84. The van der Waals surface area contributed by atoms with Gasteiger partial charge in [0.15, 0.2) is 0 Å². The lowest BCUT2D eigenvalue weighted by Crippen LogP contribution is -2.43. The lowest BCUT2D eigenvalue weighted by molar-refractivity contribution is -0.143. The number of hydrogen-bond acceptors (Lipinski definition) is 2. The molecule has 1 aromatic carbocycles. The van der Waals surface area contributed by atoms with Gasteiger partial charge in [0.2, 0.25) is 5.91 Å². The molecule has 108 valence electrons. The monoisotopic (exact) mass is 275 g/mol. The van der Waals surface area contributed by atoms with Crippen LogP contribution >= 0.6 is 0 Å². The fourth-order valence-electron chi connectivity index (χ4n) is 2.31. The van der Waals surface area contributed by atoms with Gasteiger partial charge < -0.3 is 10.4 Å². The predicted molar refractivity (Wildman–Crippen MR) is 76.6 cm³/mol. The molecular weight excluding hydrogens is 254 g/mol. The maximum absolute atomic E-state index is 11.9. The number of amides is 1. The average Bonchev–Trinajstić information content (AvgIpc) is 3.19. The number of rotatable bonds is 6. The molecule has 0 aromatic heterocycles. The van der Waals surface area contributed by atoms with Crippen molar-refractivity contribution in [1.82, 2.24) is 5.32 Å². The first kappa shape index (κ1) is 14.6. The summed E-state index contributed by atoms with van der Waals surface area (Å²) in [5, 5.41) is 11.7. The molecular formula is C16H21NO3. The van der Waals surface area contributed by atoms with E-state index < -0.39 is 11.5 Å². The minimum atomic E-state index is -0.983. The number of aryl methyl sites for hydroxylation is 1. The summed E-state index contributed by atoms with van der Waals surface area (Å²) in [5.41, 5.74) is 1.40. The highest BCUT2D eigenvalue weighted by molar-refractivity contribution is 5.89. The fraction of sp³-hybridized carbons (Fsp3) is 0.500. The molecule has 1 aliphatic carbocycles. The molecule has 4 heteroatoms. The van der Waals surface area contributed by atoms with E-state index in [2.05, 4.69) is 24.4 Å². The smallest absolute Gasteiger partial charge is 0.329 e. The first-order valence-electron chi connectivity index (χ1n) is 7.10. The second-order valence-electron chi connectivity index (χ2n) is 5.64. The predicted octanol–water partition coefficient (Wildman–Crippen LogP) is 2.48. The molecule has 0 saturated heterocycles. The summed E-state index contributed by atoms with van der Waals surface area (Å²) in [6.07, 6.45) is 2.39. The van der Waals surface area contributed by atoms with E-state index in [1.165, 1.54) is 5.56 Å². The van der Waals surface area contributed by atoms with E-state index in [0.29, 0.717) is 19.3 Å². The largest absolute Gasteiger partial charge is 0.480 e. The van der Waals surface area contributed by atoms with Gasteiger partial charge >= 0.3 is 5.97 Å². The van der Waals surface area contributed by atoms with Gasteiger partial charge in [-0.05, 0) is 36.3 Å². The van der Waals surface area contributed by atoms with Gasteiger partial charge in [-0.15, -0.1) is 0 Å². The Morgan fingerprint density at radius 2 is 1.90 bits per heavy atom. The third kappa shape index (κ3) is 3.18. The van der Waals surface area contributed by atoms with E-state index in [4.69, 9.17) is 5.11 Å². The van der Waals surface area contributed by atoms with Crippen molar-refractivity contribution in [2.45, 2.75) is 51.0 Å². The summed E-state index contributed by atoms with van der Waals surface area (Å²) < 4.78 is 0. The second kappa shape index (κ2) is 5.65. The highest BCUT2D eigenvalue weighted by Crippen LogP contribution is 2.35. The average molecular weight is 275 g/mol. The van der Waals surface area contributed by atoms with Gasteiger partial charge in [-0.25, -0.2) is 4.79 Å². The van der Waals surface area contributed by atoms with E-state index in [1.807, 2.05) is 19.1 Å². The van der Waals surface area contributed by atoms with E-state index >= 15 is 0 Å². The lowest BCUT2D eigenvalue weighted by atomic mass is 9.96. The van der Waals surface area contributed by atoms with Crippen LogP contribution in [0.2, 0.25) is 0 Å². The Labute approximate surface area is 119 Å². The highest BCUT2D eigenvalue weighted by Gasteiger charge is 2.51. The van der Waals surface area contributed by atoms with Crippen LogP contribution in [0.3, 0.4) is 0 Å². The molecule has 4 nitrogen and oxygen atoms in total. The number of benzene rings is 1. The minimum Gasteiger partial charge on any atom is -0.480 e. The maximum atomic E-state index is 11.9. The molecule has 20 heavy (non-hydrogen) atoms. The summed E-state index contributed by atoms with van der Waals surface area (Å²) >= 11 is 0. The molecule has 2 N–H and O–H groups in total. The maximum Gasteiger partial charge on any atom is 0.329 e. The molecule has 1 saturated carbocycles. The van der Waals surface area contributed by atoms with Crippen molar-refractivity contribution in [1.29, 1.82) is 0 Å². The molecule has 0 radical (unpaired) electrons. The van der Waals surface area contributed by atoms with Crippen LogP contribution < -0.4 is 5.32 Å². The van der Waals surface area contributed by atoms with Gasteiger partial charge in [-0.3, -0.25) is 4.79 Å². The Kier molecular flexibility index (Phi) is 4.12. The Morgan fingerprint density at radius 3 is 2.35 bits per heavy atom. The first-order valence-corrected chi connectivity index (χ1v) is 7.10. The molecule has 1 unspecified atom stereocenters. The van der Waals surface area contributed by atoms with Crippen LogP contribution in [0.1, 0.15) is 50.2 Å². The number of carboxylic acid groups (broad SMARTS) is 1. The Balaban J connectivity index is 1.92. The van der Waals surface area contributed by atoms with E-state index in [9.17, 15) is 9.59 Å². The molecule has 1 atom stereocenters. The van der Waals surface area contributed by atoms with Crippen molar-refractivity contribution >= 4 is 11.9 Å². The Morgan fingerprint density at radius 1 is 1.30 bits per heavy atom. The van der Waals surface area contributed by atoms with Gasteiger partial charge in [-0.1, -0.05) is 38.1 Å². The summed E-state index contributed by atoms with van der Waals surface area (Å²) in [6, 6.07) is 8.23. The van der Waals surface area contributed by atoms with E-state index in [-0.39, 0.29) is 11.8 Å². The van der Waals surface area contributed by atoms with Crippen molar-refractivity contribution in [2.75, 3.05) is 0 Å². The van der Waals surface area contributed by atoms with Crippen LogP contribution in [0.15, 0.2) is 24.3 Å². The molecule has 1 aliphatic rings. The molecule has 1 fully saturated rings.